The molecule has 0 aromatic rings. The molecular formula is C33H55NO3. The third-order valence-electron chi connectivity index (χ3n) is 13.2. The van der Waals surface area contributed by atoms with Crippen molar-refractivity contribution in [3.8, 4) is 0 Å². The van der Waals surface area contributed by atoms with Gasteiger partial charge in [0.15, 0.2) is 0 Å². The van der Waals surface area contributed by atoms with E-state index >= 15 is 0 Å². The van der Waals surface area contributed by atoms with Crippen molar-refractivity contribution in [2.24, 2.45) is 55.4 Å². The molecule has 5 aliphatic rings. The number of hydrogen-bond donors (Lipinski definition) is 1. The Morgan fingerprint density at radius 2 is 1.54 bits per heavy atom. The molecule has 1 N–H and O–H groups in total. The summed E-state index contributed by atoms with van der Waals surface area (Å²) in [4.78, 5) is 24.5. The van der Waals surface area contributed by atoms with Crippen molar-refractivity contribution in [2.45, 2.75) is 139 Å². The molecule has 0 aromatic heterocycles. The molecule has 0 bridgehead atoms. The van der Waals surface area contributed by atoms with Crippen LogP contribution < -0.4 is 0 Å². The topological polar surface area (TPSA) is 66.7 Å². The Labute approximate surface area is 226 Å². The molecule has 0 amide bonds. The van der Waals surface area contributed by atoms with Gasteiger partial charge in [-0.2, -0.15) is 4.91 Å². The summed E-state index contributed by atoms with van der Waals surface area (Å²) in [7, 11) is 0. The lowest BCUT2D eigenvalue weighted by molar-refractivity contribution is -0.190. The molecule has 210 valence electrons. The van der Waals surface area contributed by atoms with E-state index in [0.717, 1.165) is 57.8 Å². The van der Waals surface area contributed by atoms with Crippen LogP contribution in [0.25, 0.3) is 0 Å². The van der Waals surface area contributed by atoms with Crippen molar-refractivity contribution in [3.05, 3.63) is 16.6 Å². The molecular weight excluding hydrogens is 458 g/mol. The highest BCUT2D eigenvalue weighted by molar-refractivity contribution is 5.76. The summed E-state index contributed by atoms with van der Waals surface area (Å²) in [5.41, 5.74) is 1.51. The predicted octanol–water partition coefficient (Wildman–Crippen LogP) is 9.42. The highest BCUT2D eigenvalue weighted by Gasteiger charge is 2.69. The Hall–Kier alpha value is -1.19. The van der Waals surface area contributed by atoms with E-state index in [1.165, 1.54) is 18.4 Å². The van der Waals surface area contributed by atoms with E-state index in [1.54, 1.807) is 0 Å². The van der Waals surface area contributed by atoms with Crippen LogP contribution >= 0.6 is 0 Å². The monoisotopic (exact) mass is 513 g/mol. The maximum Gasteiger partial charge on any atom is 0.310 e. The molecule has 8 atom stereocenters. The van der Waals surface area contributed by atoms with Gasteiger partial charge in [-0.3, -0.25) is 4.79 Å². The first kappa shape index (κ1) is 28.8. The van der Waals surface area contributed by atoms with Gasteiger partial charge in [0.1, 0.15) is 0 Å². The smallest absolute Gasteiger partial charge is 0.310 e. The van der Waals surface area contributed by atoms with Gasteiger partial charge in [-0.25, -0.2) is 0 Å². The van der Waals surface area contributed by atoms with E-state index < -0.39 is 11.4 Å². The zero-order chi connectivity index (χ0) is 27.7. The van der Waals surface area contributed by atoms with Gasteiger partial charge in [0.25, 0.3) is 0 Å². The highest BCUT2D eigenvalue weighted by Crippen LogP contribution is 2.75. The summed E-state index contributed by atoms with van der Waals surface area (Å²) in [5.74, 6) is 0.708. The lowest BCUT2D eigenvalue weighted by atomic mass is 9.33. The molecule has 5 rings (SSSR count). The SMILES string of the molecule is CC1(C)CC[C@]2(C(=O)O)CC[C@]3(C)C(=CCC4[C@@]5(C)CC[C@H](N=O)C(C)(C)C5CC[C@]43C)C2C1.CCC. The van der Waals surface area contributed by atoms with Gasteiger partial charge >= 0.3 is 5.97 Å². The van der Waals surface area contributed by atoms with Crippen LogP contribution in [0.4, 0.5) is 0 Å². The number of nitroso groups, excluding NO2 is 1. The minimum absolute atomic E-state index is 0.0562. The van der Waals surface area contributed by atoms with Crippen LogP contribution in [-0.2, 0) is 4.79 Å². The average molecular weight is 514 g/mol. The molecule has 4 saturated carbocycles. The average Bonchev–Trinajstić information content (AvgIpc) is 2.79. The maximum absolute atomic E-state index is 12.8. The van der Waals surface area contributed by atoms with Crippen LogP contribution in [0.1, 0.15) is 133 Å². The van der Waals surface area contributed by atoms with E-state index in [4.69, 9.17) is 0 Å². The first-order chi connectivity index (χ1) is 17.1. The van der Waals surface area contributed by atoms with E-state index in [0.29, 0.717) is 11.8 Å². The third kappa shape index (κ3) is 3.92. The van der Waals surface area contributed by atoms with Crippen LogP contribution in [-0.4, -0.2) is 17.1 Å². The zero-order valence-corrected chi connectivity index (χ0v) is 25.4. The standard InChI is InChI=1S/C30H47NO3.C3H8/c1-25(2)14-16-30(24(32)33)17-15-28(6)19(20(30)18-25)8-9-22-27(5)12-11-23(31-34)26(3,4)21(27)10-13-29(22,28)7;1-3-2/h8,20-23H,9-18H2,1-7H3,(H,32,33);3H2,1-2H3/t20?,21?,22?,23-,27-,28+,29+,30-;/m0./s1. The number of hydrogen-bond acceptors (Lipinski definition) is 3. The van der Waals surface area contributed by atoms with Crippen LogP contribution in [0.15, 0.2) is 16.8 Å². The van der Waals surface area contributed by atoms with E-state index in [1.807, 2.05) is 0 Å². The third-order valence-corrected chi connectivity index (χ3v) is 13.2. The van der Waals surface area contributed by atoms with Crippen molar-refractivity contribution in [2.75, 3.05) is 0 Å². The Morgan fingerprint density at radius 3 is 2.14 bits per heavy atom. The Kier molecular flexibility index (Phi) is 7.15. The van der Waals surface area contributed by atoms with Gasteiger partial charge in [0.05, 0.1) is 11.5 Å². The molecule has 37 heavy (non-hydrogen) atoms. The predicted molar refractivity (Wildman–Crippen MR) is 152 cm³/mol. The Balaban J connectivity index is 0.00000102. The summed E-state index contributed by atoms with van der Waals surface area (Å²) in [6.07, 6.45) is 13.8. The number of carbonyl (C=O) groups is 1. The van der Waals surface area contributed by atoms with Crippen molar-refractivity contribution < 1.29 is 9.90 Å². The second-order valence-corrected chi connectivity index (χ2v) is 15.9. The minimum atomic E-state index is -0.569. The fourth-order valence-electron chi connectivity index (χ4n) is 10.8. The largest absolute Gasteiger partial charge is 0.481 e. The normalized spacial score (nSPS) is 47.4. The first-order valence-corrected chi connectivity index (χ1v) is 15.4. The summed E-state index contributed by atoms with van der Waals surface area (Å²) < 4.78 is 0. The molecule has 0 heterocycles. The van der Waals surface area contributed by atoms with Crippen molar-refractivity contribution in [3.63, 3.8) is 0 Å². The maximum atomic E-state index is 12.8. The second kappa shape index (κ2) is 9.19. The number of carboxylic acid groups (broad SMARTS) is 1. The van der Waals surface area contributed by atoms with Crippen molar-refractivity contribution >= 4 is 5.97 Å². The number of nitrogens with zero attached hydrogens (tertiary/aromatic N) is 1. The molecule has 4 fully saturated rings. The fourth-order valence-corrected chi connectivity index (χ4v) is 10.8. The van der Waals surface area contributed by atoms with Crippen molar-refractivity contribution in [1.82, 2.24) is 0 Å². The van der Waals surface area contributed by atoms with Crippen LogP contribution in [0.2, 0.25) is 0 Å². The number of carboxylic acids is 1. The van der Waals surface area contributed by atoms with Crippen LogP contribution in [0.5, 0.6) is 0 Å². The number of rotatable bonds is 2. The number of fused-ring (bicyclic) bond motifs is 7. The first-order valence-electron chi connectivity index (χ1n) is 15.4. The van der Waals surface area contributed by atoms with Gasteiger partial charge in [0, 0.05) is 0 Å². The van der Waals surface area contributed by atoms with E-state index in [-0.39, 0.29) is 39.0 Å². The van der Waals surface area contributed by atoms with Crippen molar-refractivity contribution in [1.29, 1.82) is 0 Å². The summed E-state index contributed by atoms with van der Waals surface area (Å²) in [6.45, 7) is 21.1. The lowest BCUT2D eigenvalue weighted by Crippen LogP contribution is -2.65. The Bertz CT molecular complexity index is 951. The quantitative estimate of drug-likeness (QED) is 0.295. The second-order valence-electron chi connectivity index (χ2n) is 15.9. The number of allylic oxidation sites excluding steroid dienone is 2. The molecule has 0 spiro atoms. The molecule has 0 aliphatic heterocycles. The van der Waals surface area contributed by atoms with E-state index in [2.05, 4.69) is 73.6 Å². The van der Waals surface area contributed by atoms with Crippen LogP contribution in [0, 0.1) is 55.2 Å². The molecule has 4 heteroatoms. The number of aliphatic carboxylic acids is 1. The molecule has 0 radical (unpaired) electrons. The van der Waals surface area contributed by atoms with Gasteiger partial charge in [-0.05, 0) is 109 Å². The highest BCUT2D eigenvalue weighted by atomic mass is 16.4. The van der Waals surface area contributed by atoms with Gasteiger partial charge in [0.2, 0.25) is 0 Å². The fraction of sp³-hybridized carbons (Fsp3) is 0.909. The lowest BCUT2D eigenvalue weighted by Gasteiger charge is -2.71. The van der Waals surface area contributed by atoms with Gasteiger partial charge < -0.3 is 5.11 Å². The van der Waals surface area contributed by atoms with E-state index in [9.17, 15) is 14.8 Å². The molecule has 4 nitrogen and oxygen atoms in total. The van der Waals surface area contributed by atoms with Crippen LogP contribution in [0.3, 0.4) is 0 Å². The minimum Gasteiger partial charge on any atom is -0.481 e. The summed E-state index contributed by atoms with van der Waals surface area (Å²) >= 11 is 0. The zero-order valence-electron chi connectivity index (χ0n) is 25.4. The molecule has 3 unspecified atom stereocenters. The molecule has 0 aromatic carbocycles. The Morgan fingerprint density at radius 1 is 0.919 bits per heavy atom. The molecule has 0 saturated heterocycles. The van der Waals surface area contributed by atoms with Gasteiger partial charge in [-0.15, -0.1) is 0 Å². The van der Waals surface area contributed by atoms with Gasteiger partial charge in [-0.1, -0.05) is 85.6 Å². The summed E-state index contributed by atoms with van der Waals surface area (Å²) in [5, 5.41) is 14.1. The molecule has 5 aliphatic carbocycles. The summed E-state index contributed by atoms with van der Waals surface area (Å²) in [6, 6.07) is -0.0736.